The number of benzene rings is 1. The van der Waals surface area contributed by atoms with E-state index in [2.05, 4.69) is 20.3 Å². The van der Waals surface area contributed by atoms with Gasteiger partial charge in [0.1, 0.15) is 41.9 Å². The van der Waals surface area contributed by atoms with E-state index in [1.165, 1.54) is 6.33 Å². The van der Waals surface area contributed by atoms with Crippen LogP contribution in [0.3, 0.4) is 0 Å². The summed E-state index contributed by atoms with van der Waals surface area (Å²) in [4.78, 5) is 10.4. The Labute approximate surface area is 158 Å². The fraction of sp³-hybridized carbons (Fsp3) is 0.368. The van der Waals surface area contributed by atoms with Crippen LogP contribution in [0.15, 0.2) is 36.7 Å². The highest BCUT2D eigenvalue weighted by atomic mass is 19.4. The van der Waals surface area contributed by atoms with Gasteiger partial charge in [-0.25, -0.2) is 9.97 Å². The molecular weight excluding hydrogens is 373 g/mol. The second-order valence-corrected chi connectivity index (χ2v) is 7.01. The van der Waals surface area contributed by atoms with Gasteiger partial charge in [-0.05, 0) is 25.0 Å². The summed E-state index contributed by atoms with van der Waals surface area (Å²) >= 11 is 0. The number of H-pyrrole nitrogens is 1. The van der Waals surface area contributed by atoms with Crippen LogP contribution in [-0.2, 0) is 10.9 Å². The van der Waals surface area contributed by atoms with Gasteiger partial charge in [-0.2, -0.15) is 13.2 Å². The highest BCUT2D eigenvalue weighted by Gasteiger charge is 2.37. The van der Waals surface area contributed by atoms with Gasteiger partial charge in [0.2, 0.25) is 0 Å². The standard InChI is InChI=1S/C19H17F3N4O2/c20-19(21,22)15-7-12-17(25-15)23-9-24-18(12)26-16-11-3-1-2-4-13(11)27-8-14(16)28-10-5-6-10/h1-4,7,9-10,14,16H,5-6,8H2,(H2,23,24,25,26). The van der Waals surface area contributed by atoms with Gasteiger partial charge in [-0.15, -0.1) is 0 Å². The zero-order valence-corrected chi connectivity index (χ0v) is 14.7. The van der Waals surface area contributed by atoms with Gasteiger partial charge in [-0.3, -0.25) is 0 Å². The smallest absolute Gasteiger partial charge is 0.431 e. The van der Waals surface area contributed by atoms with Gasteiger partial charge in [0, 0.05) is 5.56 Å². The lowest BCUT2D eigenvalue weighted by molar-refractivity contribution is -0.140. The summed E-state index contributed by atoms with van der Waals surface area (Å²) in [5.74, 6) is 1.05. The molecule has 0 radical (unpaired) electrons. The first kappa shape index (κ1) is 17.3. The molecule has 1 aliphatic carbocycles. The van der Waals surface area contributed by atoms with Crippen molar-refractivity contribution in [2.75, 3.05) is 11.9 Å². The summed E-state index contributed by atoms with van der Waals surface area (Å²) in [6.07, 6.45) is -1.29. The van der Waals surface area contributed by atoms with Crippen LogP contribution in [0.2, 0.25) is 0 Å². The summed E-state index contributed by atoms with van der Waals surface area (Å²) in [6.45, 7) is 0.361. The lowest BCUT2D eigenvalue weighted by Gasteiger charge is -2.34. The molecule has 1 aromatic carbocycles. The average molecular weight is 390 g/mol. The van der Waals surface area contributed by atoms with Crippen LogP contribution in [0, 0.1) is 0 Å². The van der Waals surface area contributed by atoms with E-state index in [0.717, 1.165) is 30.2 Å². The number of nitrogens with zero attached hydrogens (tertiary/aromatic N) is 2. The topological polar surface area (TPSA) is 72.1 Å². The van der Waals surface area contributed by atoms with Gasteiger partial charge in [0.25, 0.3) is 0 Å². The third kappa shape index (κ3) is 3.15. The number of ether oxygens (including phenoxy) is 2. The third-order valence-electron chi connectivity index (χ3n) is 4.94. The number of aromatic amines is 1. The summed E-state index contributed by atoms with van der Waals surface area (Å²) in [5, 5.41) is 3.57. The van der Waals surface area contributed by atoms with Crippen molar-refractivity contribution < 1.29 is 22.6 Å². The Morgan fingerprint density at radius 2 is 2.00 bits per heavy atom. The minimum absolute atomic E-state index is 0.129. The number of halogens is 3. The van der Waals surface area contributed by atoms with Crippen LogP contribution in [0.5, 0.6) is 5.75 Å². The Morgan fingerprint density at radius 1 is 1.18 bits per heavy atom. The number of alkyl halides is 3. The number of anilines is 1. The molecule has 1 fully saturated rings. The van der Waals surface area contributed by atoms with Crippen molar-refractivity contribution in [1.29, 1.82) is 0 Å². The predicted octanol–water partition coefficient (Wildman–Crippen LogP) is 4.07. The van der Waals surface area contributed by atoms with E-state index in [9.17, 15) is 13.2 Å². The maximum Gasteiger partial charge on any atom is 0.431 e. The van der Waals surface area contributed by atoms with Crippen molar-refractivity contribution in [3.8, 4) is 5.75 Å². The normalized spacial score (nSPS) is 22.0. The highest BCUT2D eigenvalue weighted by molar-refractivity contribution is 5.88. The Bertz CT molecular complexity index is 1020. The van der Waals surface area contributed by atoms with Crippen molar-refractivity contribution in [3.63, 3.8) is 0 Å². The van der Waals surface area contributed by atoms with Gasteiger partial charge in [0.05, 0.1) is 17.5 Å². The molecule has 5 rings (SSSR count). The summed E-state index contributed by atoms with van der Waals surface area (Å²) in [7, 11) is 0. The Balaban J connectivity index is 1.53. The first-order chi connectivity index (χ1) is 13.5. The zero-order chi connectivity index (χ0) is 19.3. The zero-order valence-electron chi connectivity index (χ0n) is 14.7. The maximum atomic E-state index is 13.1. The van der Waals surface area contributed by atoms with E-state index in [4.69, 9.17) is 9.47 Å². The molecule has 2 aliphatic rings. The fourth-order valence-electron chi connectivity index (χ4n) is 3.43. The molecule has 2 N–H and O–H groups in total. The van der Waals surface area contributed by atoms with Gasteiger partial charge in [0.15, 0.2) is 0 Å². The summed E-state index contributed by atoms with van der Waals surface area (Å²) in [5.41, 5.74) is 0.159. The van der Waals surface area contributed by atoms with Crippen molar-refractivity contribution in [2.24, 2.45) is 0 Å². The van der Waals surface area contributed by atoms with Crippen molar-refractivity contribution in [3.05, 3.63) is 47.9 Å². The van der Waals surface area contributed by atoms with E-state index in [0.29, 0.717) is 12.4 Å². The molecule has 3 aromatic rings. The second-order valence-electron chi connectivity index (χ2n) is 7.01. The van der Waals surface area contributed by atoms with Crippen molar-refractivity contribution >= 4 is 16.9 Å². The number of aromatic nitrogens is 3. The Kier molecular flexibility index (Phi) is 3.94. The largest absolute Gasteiger partial charge is 0.490 e. The minimum Gasteiger partial charge on any atom is -0.490 e. The SMILES string of the molecule is FC(F)(F)c1cc2c(NC3c4ccccc4OCC3OC3CC3)ncnc2[nH]1. The number of rotatable bonds is 4. The lowest BCUT2D eigenvalue weighted by Crippen LogP contribution is -2.38. The van der Waals surface area contributed by atoms with Gasteiger partial charge in [-0.1, -0.05) is 18.2 Å². The quantitative estimate of drug-likeness (QED) is 0.703. The highest BCUT2D eigenvalue weighted by Crippen LogP contribution is 2.39. The van der Waals surface area contributed by atoms with Crippen LogP contribution < -0.4 is 10.1 Å². The molecule has 2 unspecified atom stereocenters. The minimum atomic E-state index is -4.49. The molecular formula is C19H17F3N4O2. The molecule has 0 saturated heterocycles. The monoisotopic (exact) mass is 390 g/mol. The number of hydrogen-bond acceptors (Lipinski definition) is 5. The van der Waals surface area contributed by atoms with Crippen molar-refractivity contribution in [1.82, 2.24) is 15.0 Å². The molecule has 0 amide bonds. The summed E-state index contributed by atoms with van der Waals surface area (Å²) < 4.78 is 51.2. The van der Waals surface area contributed by atoms with Crippen LogP contribution in [-0.4, -0.2) is 33.8 Å². The molecule has 1 aliphatic heterocycles. The predicted molar refractivity (Wildman–Crippen MR) is 95.1 cm³/mol. The molecule has 28 heavy (non-hydrogen) atoms. The molecule has 1 saturated carbocycles. The summed E-state index contributed by atoms with van der Waals surface area (Å²) in [6, 6.07) is 8.29. The molecule has 2 atom stereocenters. The number of hydrogen-bond donors (Lipinski definition) is 2. The van der Waals surface area contributed by atoms with Gasteiger partial charge >= 0.3 is 6.18 Å². The number of nitrogens with one attached hydrogen (secondary N) is 2. The molecule has 3 heterocycles. The second kappa shape index (κ2) is 6.37. The first-order valence-electron chi connectivity index (χ1n) is 9.03. The van der Waals surface area contributed by atoms with Crippen LogP contribution >= 0.6 is 0 Å². The van der Waals surface area contributed by atoms with E-state index in [-0.39, 0.29) is 29.3 Å². The molecule has 146 valence electrons. The van der Waals surface area contributed by atoms with Gasteiger partial charge < -0.3 is 19.8 Å². The van der Waals surface area contributed by atoms with Crippen LogP contribution in [0.4, 0.5) is 19.0 Å². The van der Waals surface area contributed by atoms with Crippen molar-refractivity contribution in [2.45, 2.75) is 37.3 Å². The van der Waals surface area contributed by atoms with E-state index < -0.39 is 11.9 Å². The molecule has 0 bridgehead atoms. The lowest BCUT2D eigenvalue weighted by atomic mass is 9.98. The van der Waals surface area contributed by atoms with E-state index in [1.807, 2.05) is 24.3 Å². The molecule has 0 spiro atoms. The van der Waals surface area contributed by atoms with Crippen LogP contribution in [0.1, 0.15) is 30.1 Å². The van der Waals surface area contributed by atoms with Crippen LogP contribution in [0.25, 0.3) is 11.0 Å². The van der Waals surface area contributed by atoms with E-state index >= 15 is 0 Å². The third-order valence-corrected chi connectivity index (χ3v) is 4.94. The molecule has 6 nitrogen and oxygen atoms in total. The number of fused-ring (bicyclic) bond motifs is 2. The van der Waals surface area contributed by atoms with E-state index in [1.54, 1.807) is 0 Å². The fourth-order valence-corrected chi connectivity index (χ4v) is 3.43. The molecule has 9 heteroatoms. The maximum absolute atomic E-state index is 13.1. The number of para-hydroxylation sites is 1. The Morgan fingerprint density at radius 3 is 2.79 bits per heavy atom. The molecule has 2 aromatic heterocycles. The Hall–Kier alpha value is -2.81. The average Bonchev–Trinajstić information content (AvgIpc) is 3.36. The first-order valence-corrected chi connectivity index (χ1v) is 9.03.